The lowest BCUT2D eigenvalue weighted by atomic mass is 9.69. The van der Waals surface area contributed by atoms with E-state index in [-0.39, 0.29) is 11.6 Å². The molecule has 1 aromatic carbocycles. The highest BCUT2D eigenvalue weighted by Crippen LogP contribution is 2.52. The molecule has 2 N–H and O–H groups in total. The van der Waals surface area contributed by atoms with Crippen molar-refractivity contribution in [3.63, 3.8) is 0 Å². The average molecular weight is 602 g/mol. The Bertz CT molecular complexity index is 1610. The third-order valence-electron chi connectivity index (χ3n) is 10.6. The van der Waals surface area contributed by atoms with Gasteiger partial charge in [0.05, 0.1) is 29.4 Å². The van der Waals surface area contributed by atoms with E-state index in [1.54, 1.807) is 11.3 Å². The Morgan fingerprint density at radius 2 is 2.16 bits per heavy atom. The molecule has 9 nitrogen and oxygen atoms in total. The van der Waals surface area contributed by atoms with Gasteiger partial charge in [0.1, 0.15) is 35.3 Å². The van der Waals surface area contributed by atoms with E-state index in [0.717, 1.165) is 78.4 Å². The predicted molar refractivity (Wildman–Crippen MR) is 161 cm³/mol. The van der Waals surface area contributed by atoms with E-state index in [4.69, 9.17) is 25.2 Å². The molecule has 6 heterocycles. The maximum Gasteiger partial charge on any atom is 0.318 e. The van der Waals surface area contributed by atoms with Crippen molar-refractivity contribution in [3.05, 3.63) is 56.7 Å². The molecule has 2 unspecified atom stereocenters. The minimum absolute atomic E-state index is 0.148. The Morgan fingerprint density at radius 1 is 1.26 bits per heavy atom. The molecule has 11 heteroatoms. The van der Waals surface area contributed by atoms with Gasteiger partial charge in [0.25, 0.3) is 0 Å². The van der Waals surface area contributed by atoms with Gasteiger partial charge in [-0.1, -0.05) is 13.0 Å². The molecule has 1 aliphatic carbocycles. The second-order valence-electron chi connectivity index (χ2n) is 13.0. The molecule has 1 spiro atoms. The first-order valence-corrected chi connectivity index (χ1v) is 16.3. The second kappa shape index (κ2) is 10.1. The number of aromatic nitrogens is 3. The van der Waals surface area contributed by atoms with Gasteiger partial charge in [0.15, 0.2) is 0 Å². The molecule has 3 aromatic rings. The normalized spacial score (nSPS) is 31.3. The van der Waals surface area contributed by atoms with Crippen molar-refractivity contribution in [2.24, 2.45) is 0 Å². The van der Waals surface area contributed by atoms with Gasteiger partial charge in [-0.15, -0.1) is 11.3 Å². The number of thiazole rings is 1. The number of alkyl halides is 1. The van der Waals surface area contributed by atoms with E-state index < -0.39 is 11.8 Å². The SMILES string of the molecule is C[C@H]1CC[C@]2(Cc3nc(OCC45CCCN4C[C@H](F)C5)nc(N4CCC4c4nccs4)c3CO2)c2c1ccc(N)c2C#N. The zero-order valence-corrected chi connectivity index (χ0v) is 25.2. The third kappa shape index (κ3) is 4.25. The molecule has 224 valence electrons. The summed E-state index contributed by atoms with van der Waals surface area (Å²) in [5.41, 5.74) is 10.2. The summed E-state index contributed by atoms with van der Waals surface area (Å²) in [7, 11) is 0. The van der Waals surface area contributed by atoms with Crippen molar-refractivity contribution >= 4 is 22.8 Å². The molecule has 0 bridgehead atoms. The number of hydrogen-bond donors (Lipinski definition) is 1. The van der Waals surface area contributed by atoms with Crippen molar-refractivity contribution in [2.45, 2.75) is 87.7 Å². The molecular weight excluding hydrogens is 565 g/mol. The van der Waals surface area contributed by atoms with Crippen LogP contribution in [-0.4, -0.2) is 57.8 Å². The van der Waals surface area contributed by atoms with Crippen molar-refractivity contribution in [1.29, 1.82) is 5.26 Å². The summed E-state index contributed by atoms with van der Waals surface area (Å²) in [6, 6.07) is 6.76. The number of fused-ring (bicyclic) bond motifs is 4. The topological polar surface area (TPSA) is 113 Å². The summed E-state index contributed by atoms with van der Waals surface area (Å²) in [5.74, 6) is 1.13. The van der Waals surface area contributed by atoms with Crippen LogP contribution in [0, 0.1) is 11.3 Å². The monoisotopic (exact) mass is 601 g/mol. The smallest absolute Gasteiger partial charge is 0.318 e. The molecule has 0 amide bonds. The number of nitrogens with two attached hydrogens (primary N) is 1. The van der Waals surface area contributed by atoms with Crippen LogP contribution in [0.1, 0.15) is 90.4 Å². The van der Waals surface area contributed by atoms with E-state index in [1.807, 2.05) is 17.6 Å². The number of nitrogen functional groups attached to an aromatic ring is 1. The fourth-order valence-corrected chi connectivity index (χ4v) is 9.06. The van der Waals surface area contributed by atoms with Gasteiger partial charge in [-0.05, 0) is 56.2 Å². The van der Waals surface area contributed by atoms with Crippen LogP contribution in [0.15, 0.2) is 23.7 Å². The number of hydrogen-bond acceptors (Lipinski definition) is 10. The molecule has 43 heavy (non-hydrogen) atoms. The predicted octanol–water partition coefficient (Wildman–Crippen LogP) is 5.16. The van der Waals surface area contributed by atoms with Gasteiger partial charge in [0, 0.05) is 54.3 Å². The molecule has 5 aliphatic rings. The molecular formula is C32H36FN7O2S. The van der Waals surface area contributed by atoms with Gasteiger partial charge in [-0.25, -0.2) is 9.37 Å². The quantitative estimate of drug-likeness (QED) is 0.396. The number of benzene rings is 1. The van der Waals surface area contributed by atoms with Crippen LogP contribution in [0.25, 0.3) is 0 Å². The Kier molecular flexibility index (Phi) is 6.40. The van der Waals surface area contributed by atoms with Crippen LogP contribution in [0.5, 0.6) is 6.01 Å². The second-order valence-corrected chi connectivity index (χ2v) is 13.9. The maximum atomic E-state index is 14.5. The molecule has 3 saturated heterocycles. The largest absolute Gasteiger partial charge is 0.461 e. The molecule has 5 atom stereocenters. The average Bonchev–Trinajstić information content (AvgIpc) is 3.70. The third-order valence-corrected chi connectivity index (χ3v) is 11.5. The highest BCUT2D eigenvalue weighted by atomic mass is 32.1. The number of rotatable bonds is 5. The summed E-state index contributed by atoms with van der Waals surface area (Å²) in [6.45, 7) is 5.15. The Balaban J connectivity index is 1.19. The van der Waals surface area contributed by atoms with Crippen LogP contribution >= 0.6 is 11.3 Å². The van der Waals surface area contributed by atoms with Crippen molar-refractivity contribution < 1.29 is 13.9 Å². The van der Waals surface area contributed by atoms with E-state index >= 15 is 0 Å². The van der Waals surface area contributed by atoms with Crippen LogP contribution in [0.2, 0.25) is 0 Å². The summed E-state index contributed by atoms with van der Waals surface area (Å²) >= 11 is 1.66. The van der Waals surface area contributed by atoms with Crippen LogP contribution < -0.4 is 15.4 Å². The lowest BCUT2D eigenvalue weighted by Crippen LogP contribution is -2.45. The first-order valence-electron chi connectivity index (χ1n) is 15.4. The van der Waals surface area contributed by atoms with E-state index in [0.29, 0.717) is 55.8 Å². The Labute approximate surface area is 254 Å². The fourth-order valence-electron chi connectivity index (χ4n) is 8.28. The van der Waals surface area contributed by atoms with E-state index in [9.17, 15) is 9.65 Å². The molecule has 0 saturated carbocycles. The van der Waals surface area contributed by atoms with Gasteiger partial charge < -0.3 is 20.1 Å². The number of anilines is 2. The number of nitriles is 1. The zero-order chi connectivity index (χ0) is 29.3. The number of ether oxygens (including phenoxy) is 2. The van der Waals surface area contributed by atoms with Gasteiger partial charge in [-0.3, -0.25) is 4.90 Å². The lowest BCUT2D eigenvalue weighted by Gasteiger charge is -2.46. The minimum atomic E-state index is -0.823. The highest BCUT2D eigenvalue weighted by molar-refractivity contribution is 7.09. The van der Waals surface area contributed by atoms with Gasteiger partial charge in [-0.2, -0.15) is 15.2 Å². The first kappa shape index (κ1) is 27.2. The maximum absolute atomic E-state index is 14.5. The Hall–Kier alpha value is -3.33. The van der Waals surface area contributed by atoms with Crippen molar-refractivity contribution in [1.82, 2.24) is 19.9 Å². The fraction of sp³-hybridized carbons (Fsp3) is 0.562. The molecule has 0 radical (unpaired) electrons. The highest BCUT2D eigenvalue weighted by Gasteiger charge is 2.50. The molecule has 4 aliphatic heterocycles. The Morgan fingerprint density at radius 3 is 2.95 bits per heavy atom. The number of nitrogens with zero attached hydrogens (tertiary/aromatic N) is 6. The van der Waals surface area contributed by atoms with Gasteiger partial charge >= 0.3 is 6.01 Å². The van der Waals surface area contributed by atoms with Gasteiger partial charge in [0.2, 0.25) is 0 Å². The zero-order valence-electron chi connectivity index (χ0n) is 24.4. The van der Waals surface area contributed by atoms with Crippen molar-refractivity contribution in [2.75, 3.05) is 36.9 Å². The minimum Gasteiger partial charge on any atom is -0.461 e. The molecule has 2 aromatic heterocycles. The standard InChI is InChI=1S/C32H36FN7O2S/c1-19-5-8-32(27-21(19)3-4-24(35)22(27)15-34)14-25-23(17-42-32)28(40-11-6-26(40)29-36-9-12-43-29)38-30(37-25)41-18-31-7-2-10-39(31)16-20(33)13-31/h3-4,9,12,19-20,26H,2,5-8,10-11,13-14,16-18,35H2,1H3/t19-,20+,26?,31?,32-/m0/s1. The summed E-state index contributed by atoms with van der Waals surface area (Å²) < 4.78 is 27.8. The van der Waals surface area contributed by atoms with Crippen molar-refractivity contribution in [3.8, 4) is 12.1 Å². The number of halogens is 1. The van der Waals surface area contributed by atoms with E-state index in [1.165, 1.54) is 0 Å². The van der Waals surface area contributed by atoms with E-state index in [2.05, 4.69) is 33.8 Å². The lowest BCUT2D eigenvalue weighted by molar-refractivity contribution is -0.0874. The molecule has 3 fully saturated rings. The van der Waals surface area contributed by atoms with Crippen LogP contribution in [-0.2, 0) is 23.4 Å². The van der Waals surface area contributed by atoms with Crippen LogP contribution in [0.4, 0.5) is 15.9 Å². The molecule has 8 rings (SSSR count). The summed E-state index contributed by atoms with van der Waals surface area (Å²) in [4.78, 5) is 19.2. The summed E-state index contributed by atoms with van der Waals surface area (Å²) in [5, 5.41) is 13.3. The van der Waals surface area contributed by atoms with Crippen LogP contribution in [0.3, 0.4) is 0 Å². The first-order chi connectivity index (χ1) is 20.9. The summed E-state index contributed by atoms with van der Waals surface area (Å²) in [6.07, 6.45) is 6.72.